The molecule has 1 heterocycles. The van der Waals surface area contributed by atoms with Crippen LogP contribution in [-0.4, -0.2) is 15.3 Å². The molecule has 114 valence electrons. The van der Waals surface area contributed by atoms with E-state index in [-0.39, 0.29) is 16.5 Å². The van der Waals surface area contributed by atoms with E-state index in [9.17, 15) is 13.9 Å². The number of fused-ring (bicyclic) bond motifs is 1. The summed E-state index contributed by atoms with van der Waals surface area (Å²) in [7, 11) is 0. The highest BCUT2D eigenvalue weighted by Crippen LogP contribution is 2.48. The molecule has 0 aliphatic heterocycles. The van der Waals surface area contributed by atoms with Crippen LogP contribution in [-0.2, 0) is 0 Å². The Bertz CT molecular complexity index is 680. The second kappa shape index (κ2) is 5.21. The number of hydrogen-bond donors (Lipinski definition) is 2. The van der Waals surface area contributed by atoms with Crippen molar-refractivity contribution in [2.24, 2.45) is 5.41 Å². The molecule has 1 atom stereocenters. The van der Waals surface area contributed by atoms with Crippen LogP contribution in [0.15, 0.2) is 6.20 Å². The lowest BCUT2D eigenvalue weighted by molar-refractivity contribution is 0.00677. The molecular formula is C15H17ClF2N2O. The Balaban J connectivity index is 2.17. The third kappa shape index (κ3) is 2.23. The summed E-state index contributed by atoms with van der Waals surface area (Å²) in [4.78, 5) is 0. The fourth-order valence-electron chi connectivity index (χ4n) is 3.34. The van der Waals surface area contributed by atoms with Crippen molar-refractivity contribution in [2.45, 2.75) is 45.1 Å². The van der Waals surface area contributed by atoms with Gasteiger partial charge in [0.05, 0.1) is 23.2 Å². The summed E-state index contributed by atoms with van der Waals surface area (Å²) < 4.78 is 28.4. The minimum atomic E-state index is -1.04. The molecule has 1 unspecified atom stereocenters. The Morgan fingerprint density at radius 1 is 1.29 bits per heavy atom. The fourth-order valence-corrected chi connectivity index (χ4v) is 3.54. The van der Waals surface area contributed by atoms with E-state index in [2.05, 4.69) is 10.2 Å². The summed E-state index contributed by atoms with van der Waals surface area (Å²) >= 11 is 5.74. The molecule has 21 heavy (non-hydrogen) atoms. The first-order valence-corrected chi connectivity index (χ1v) is 7.51. The number of H-pyrrole nitrogens is 1. The van der Waals surface area contributed by atoms with Gasteiger partial charge >= 0.3 is 0 Å². The van der Waals surface area contributed by atoms with E-state index in [1.807, 2.05) is 6.92 Å². The van der Waals surface area contributed by atoms with Gasteiger partial charge in [-0.2, -0.15) is 5.10 Å². The van der Waals surface area contributed by atoms with Crippen molar-refractivity contribution < 1.29 is 13.9 Å². The van der Waals surface area contributed by atoms with Crippen LogP contribution in [0.2, 0.25) is 5.02 Å². The molecule has 0 amide bonds. The topological polar surface area (TPSA) is 48.9 Å². The zero-order valence-electron chi connectivity index (χ0n) is 11.7. The molecule has 0 spiro atoms. The number of nitrogens with zero attached hydrogens (tertiary/aromatic N) is 1. The van der Waals surface area contributed by atoms with Crippen molar-refractivity contribution in [2.75, 3.05) is 0 Å². The summed E-state index contributed by atoms with van der Waals surface area (Å²) in [5, 5.41) is 16.6. The van der Waals surface area contributed by atoms with E-state index >= 15 is 0 Å². The van der Waals surface area contributed by atoms with E-state index in [1.165, 1.54) is 6.20 Å². The number of halogens is 3. The molecule has 0 radical (unpaired) electrons. The number of hydrogen-bond acceptors (Lipinski definition) is 2. The van der Waals surface area contributed by atoms with Crippen molar-refractivity contribution in [1.29, 1.82) is 0 Å². The lowest BCUT2D eigenvalue weighted by atomic mass is 9.69. The summed E-state index contributed by atoms with van der Waals surface area (Å²) in [5.41, 5.74) is -0.217. The number of aromatic nitrogens is 2. The van der Waals surface area contributed by atoms with Gasteiger partial charge in [-0.15, -0.1) is 0 Å². The molecule has 2 aromatic rings. The Morgan fingerprint density at radius 2 is 1.95 bits per heavy atom. The van der Waals surface area contributed by atoms with E-state index in [4.69, 9.17) is 11.6 Å². The third-order valence-electron chi connectivity index (χ3n) is 4.70. The molecule has 3 rings (SSSR count). The molecule has 2 N–H and O–H groups in total. The highest BCUT2D eigenvalue weighted by Gasteiger charge is 2.39. The van der Waals surface area contributed by atoms with Crippen LogP contribution in [0, 0.1) is 17.0 Å². The highest BCUT2D eigenvalue weighted by molar-refractivity contribution is 6.31. The Morgan fingerprint density at radius 3 is 2.62 bits per heavy atom. The summed E-state index contributed by atoms with van der Waals surface area (Å²) in [6.07, 6.45) is 4.94. The SMILES string of the molecule is CC1(C(O)c2c(F)c(Cl)c(F)c3cn[nH]c23)CCCCC1. The van der Waals surface area contributed by atoms with Gasteiger partial charge in [-0.3, -0.25) is 5.10 Å². The van der Waals surface area contributed by atoms with Gasteiger partial charge in [-0.25, -0.2) is 8.78 Å². The second-order valence-electron chi connectivity index (χ2n) is 6.13. The average Bonchev–Trinajstić information content (AvgIpc) is 2.95. The minimum Gasteiger partial charge on any atom is -0.388 e. The molecule has 3 nitrogen and oxygen atoms in total. The van der Waals surface area contributed by atoms with Crippen molar-refractivity contribution in [3.05, 3.63) is 28.4 Å². The van der Waals surface area contributed by atoms with Crippen LogP contribution in [0.4, 0.5) is 8.78 Å². The zero-order chi connectivity index (χ0) is 15.2. The predicted molar refractivity (Wildman–Crippen MR) is 77.2 cm³/mol. The maximum atomic E-state index is 14.5. The first-order valence-electron chi connectivity index (χ1n) is 7.13. The van der Waals surface area contributed by atoms with Gasteiger partial charge in [0.2, 0.25) is 0 Å². The normalized spacial score (nSPS) is 19.9. The second-order valence-corrected chi connectivity index (χ2v) is 6.51. The fraction of sp³-hybridized carbons (Fsp3) is 0.533. The lowest BCUT2D eigenvalue weighted by Gasteiger charge is -2.38. The highest BCUT2D eigenvalue weighted by atomic mass is 35.5. The van der Waals surface area contributed by atoms with Gasteiger partial charge in [0.15, 0.2) is 11.6 Å². The van der Waals surface area contributed by atoms with Gasteiger partial charge in [-0.1, -0.05) is 37.8 Å². The van der Waals surface area contributed by atoms with E-state index < -0.39 is 28.2 Å². The monoisotopic (exact) mass is 314 g/mol. The third-order valence-corrected chi connectivity index (χ3v) is 5.03. The smallest absolute Gasteiger partial charge is 0.155 e. The van der Waals surface area contributed by atoms with Crippen LogP contribution < -0.4 is 0 Å². The lowest BCUT2D eigenvalue weighted by Crippen LogP contribution is -2.29. The number of rotatable bonds is 2. The quantitative estimate of drug-likeness (QED) is 0.802. The van der Waals surface area contributed by atoms with Gasteiger partial charge < -0.3 is 5.11 Å². The number of aliphatic hydroxyl groups excluding tert-OH is 1. The molecule has 1 saturated carbocycles. The van der Waals surface area contributed by atoms with Crippen molar-refractivity contribution in [3.8, 4) is 0 Å². The molecule has 0 bridgehead atoms. The van der Waals surface area contributed by atoms with Gasteiger partial charge in [0, 0.05) is 5.56 Å². The van der Waals surface area contributed by atoms with Gasteiger partial charge in [0.25, 0.3) is 0 Å². The Labute approximate surface area is 126 Å². The van der Waals surface area contributed by atoms with E-state index in [0.717, 1.165) is 32.1 Å². The van der Waals surface area contributed by atoms with Gasteiger partial charge in [0.1, 0.15) is 5.02 Å². The Kier molecular flexibility index (Phi) is 3.66. The van der Waals surface area contributed by atoms with Crippen molar-refractivity contribution in [1.82, 2.24) is 10.2 Å². The molecule has 6 heteroatoms. The minimum absolute atomic E-state index is 0.0262. The number of aromatic amines is 1. The van der Waals surface area contributed by atoms with Crippen LogP contribution in [0.5, 0.6) is 0 Å². The summed E-state index contributed by atoms with van der Waals surface area (Å²) in [6, 6.07) is 0. The summed E-state index contributed by atoms with van der Waals surface area (Å²) in [5.74, 6) is -1.74. The van der Waals surface area contributed by atoms with E-state index in [0.29, 0.717) is 0 Å². The molecule has 1 aliphatic carbocycles. The zero-order valence-corrected chi connectivity index (χ0v) is 12.5. The standard InChI is InChI=1S/C15H17ClF2N2O/c1-15(5-3-2-4-6-15)14(21)9-12(18)10(16)11(17)8-7-19-20-13(8)9/h7,14,21H,2-6H2,1H3,(H,19,20). The number of benzene rings is 1. The first kappa shape index (κ1) is 14.7. The van der Waals surface area contributed by atoms with Crippen LogP contribution in [0.25, 0.3) is 10.9 Å². The number of aliphatic hydroxyl groups is 1. The molecule has 1 fully saturated rings. The van der Waals surface area contributed by atoms with E-state index in [1.54, 1.807) is 0 Å². The van der Waals surface area contributed by atoms with Crippen LogP contribution in [0.1, 0.15) is 50.7 Å². The summed E-state index contributed by atoms with van der Waals surface area (Å²) in [6.45, 7) is 1.94. The molecule has 1 aliphatic rings. The Hall–Kier alpha value is -1.20. The first-order chi connectivity index (χ1) is 9.96. The van der Waals surface area contributed by atoms with Crippen LogP contribution >= 0.6 is 11.6 Å². The molecule has 1 aromatic heterocycles. The largest absolute Gasteiger partial charge is 0.388 e. The maximum Gasteiger partial charge on any atom is 0.155 e. The molecule has 0 saturated heterocycles. The predicted octanol–water partition coefficient (Wildman–Crippen LogP) is 4.50. The van der Waals surface area contributed by atoms with Crippen molar-refractivity contribution >= 4 is 22.5 Å². The van der Waals surface area contributed by atoms with Crippen LogP contribution in [0.3, 0.4) is 0 Å². The maximum absolute atomic E-state index is 14.5. The van der Waals surface area contributed by atoms with Gasteiger partial charge in [-0.05, 0) is 18.3 Å². The number of nitrogens with one attached hydrogen (secondary N) is 1. The molecular weight excluding hydrogens is 298 g/mol. The average molecular weight is 315 g/mol. The molecule has 1 aromatic carbocycles. The van der Waals surface area contributed by atoms with Crippen molar-refractivity contribution in [3.63, 3.8) is 0 Å².